The number of carbonyl (C=O) groups excluding carboxylic acids is 2. The van der Waals surface area contributed by atoms with Gasteiger partial charge in [-0.05, 0) is 61.5 Å². The fourth-order valence-electron chi connectivity index (χ4n) is 2.53. The van der Waals surface area contributed by atoms with Crippen LogP contribution in [0.2, 0.25) is 0 Å². The van der Waals surface area contributed by atoms with E-state index < -0.39 is 0 Å². The zero-order chi connectivity index (χ0) is 20.6. The molecule has 0 aliphatic carbocycles. The monoisotopic (exact) mass is 407 g/mol. The van der Waals surface area contributed by atoms with Crippen LogP contribution in [0.5, 0.6) is 5.75 Å². The van der Waals surface area contributed by atoms with Crippen molar-refractivity contribution in [2.75, 3.05) is 17.7 Å². The Hall–Kier alpha value is -3.32. The fourth-order valence-corrected chi connectivity index (χ4v) is 3.46. The van der Waals surface area contributed by atoms with Crippen molar-refractivity contribution in [2.24, 2.45) is 0 Å². The van der Waals surface area contributed by atoms with E-state index in [1.54, 1.807) is 55.9 Å². The highest BCUT2D eigenvalue weighted by molar-refractivity contribution is 8.00. The normalized spacial score (nSPS) is 11.4. The Morgan fingerprint density at radius 3 is 2.38 bits per heavy atom. The van der Waals surface area contributed by atoms with Crippen LogP contribution in [-0.2, 0) is 4.79 Å². The maximum absolute atomic E-state index is 12.4. The van der Waals surface area contributed by atoms with Gasteiger partial charge in [-0.25, -0.2) is 0 Å². The number of carbonyl (C=O) groups is 2. The molecular weight excluding hydrogens is 386 g/mol. The van der Waals surface area contributed by atoms with E-state index in [1.165, 1.54) is 11.8 Å². The van der Waals surface area contributed by atoms with Gasteiger partial charge in [0.2, 0.25) is 5.91 Å². The standard InChI is InChI=1S/C22H21N3O3S/c1-15(21(26)24-17-10-12-23-13-11-17)29-20-5-3-4-18(14-20)25-22(27)16-6-8-19(28-2)9-7-16/h3-15H,1-2H3,(H,25,27)(H,23,24,26). The summed E-state index contributed by atoms with van der Waals surface area (Å²) in [5, 5.41) is 5.43. The van der Waals surface area contributed by atoms with Gasteiger partial charge in [0.05, 0.1) is 12.4 Å². The SMILES string of the molecule is COc1ccc(C(=O)Nc2cccc(SC(C)C(=O)Nc3ccncc3)c2)cc1. The summed E-state index contributed by atoms with van der Waals surface area (Å²) in [7, 11) is 1.58. The second kappa shape index (κ2) is 9.75. The van der Waals surface area contributed by atoms with E-state index in [0.29, 0.717) is 22.7 Å². The van der Waals surface area contributed by atoms with Crippen molar-refractivity contribution < 1.29 is 14.3 Å². The van der Waals surface area contributed by atoms with Gasteiger partial charge in [0.1, 0.15) is 5.75 Å². The molecule has 3 aromatic rings. The fraction of sp³-hybridized carbons (Fsp3) is 0.136. The van der Waals surface area contributed by atoms with Crippen LogP contribution in [0.25, 0.3) is 0 Å². The number of rotatable bonds is 7. The number of hydrogen-bond acceptors (Lipinski definition) is 5. The molecule has 1 unspecified atom stereocenters. The van der Waals surface area contributed by atoms with Crippen LogP contribution in [0, 0.1) is 0 Å². The van der Waals surface area contributed by atoms with E-state index in [9.17, 15) is 9.59 Å². The van der Waals surface area contributed by atoms with E-state index in [1.807, 2.05) is 31.2 Å². The molecule has 29 heavy (non-hydrogen) atoms. The number of pyridine rings is 1. The van der Waals surface area contributed by atoms with Gasteiger partial charge in [-0.15, -0.1) is 11.8 Å². The Kier molecular flexibility index (Phi) is 6.86. The van der Waals surface area contributed by atoms with E-state index in [2.05, 4.69) is 15.6 Å². The zero-order valence-corrected chi connectivity index (χ0v) is 16.9. The number of ether oxygens (including phenoxy) is 1. The number of methoxy groups -OCH3 is 1. The van der Waals surface area contributed by atoms with Crippen molar-refractivity contribution in [1.82, 2.24) is 4.98 Å². The van der Waals surface area contributed by atoms with Gasteiger partial charge < -0.3 is 15.4 Å². The molecule has 0 aliphatic rings. The van der Waals surface area contributed by atoms with Crippen molar-refractivity contribution in [3.63, 3.8) is 0 Å². The Labute approximate surface area is 173 Å². The number of amides is 2. The second-order valence-electron chi connectivity index (χ2n) is 6.20. The van der Waals surface area contributed by atoms with Crippen molar-refractivity contribution in [2.45, 2.75) is 17.1 Å². The number of aromatic nitrogens is 1. The zero-order valence-electron chi connectivity index (χ0n) is 16.1. The van der Waals surface area contributed by atoms with Gasteiger partial charge in [-0.3, -0.25) is 14.6 Å². The highest BCUT2D eigenvalue weighted by Crippen LogP contribution is 2.27. The molecule has 0 spiro atoms. The average molecular weight is 407 g/mol. The molecule has 7 heteroatoms. The van der Waals surface area contributed by atoms with Crippen LogP contribution < -0.4 is 15.4 Å². The van der Waals surface area contributed by atoms with Crippen molar-refractivity contribution in [3.05, 3.63) is 78.6 Å². The third kappa shape index (κ3) is 5.83. The summed E-state index contributed by atoms with van der Waals surface area (Å²) in [4.78, 5) is 29.6. The summed E-state index contributed by atoms with van der Waals surface area (Å²) in [5.41, 5.74) is 1.91. The predicted molar refractivity (Wildman–Crippen MR) is 116 cm³/mol. The lowest BCUT2D eigenvalue weighted by atomic mass is 10.2. The Morgan fingerprint density at radius 2 is 1.69 bits per heavy atom. The molecule has 6 nitrogen and oxygen atoms in total. The number of nitrogens with one attached hydrogen (secondary N) is 2. The first-order valence-electron chi connectivity index (χ1n) is 8.98. The largest absolute Gasteiger partial charge is 0.497 e. The highest BCUT2D eigenvalue weighted by Gasteiger charge is 2.15. The lowest BCUT2D eigenvalue weighted by molar-refractivity contribution is -0.115. The molecule has 0 bridgehead atoms. The number of hydrogen-bond donors (Lipinski definition) is 2. The first-order valence-corrected chi connectivity index (χ1v) is 9.86. The van der Waals surface area contributed by atoms with Gasteiger partial charge in [0, 0.05) is 34.2 Å². The second-order valence-corrected chi connectivity index (χ2v) is 7.61. The maximum atomic E-state index is 12.4. The number of anilines is 2. The summed E-state index contributed by atoms with van der Waals surface area (Å²) in [6.45, 7) is 1.84. The van der Waals surface area contributed by atoms with Gasteiger partial charge in [-0.1, -0.05) is 6.07 Å². The molecule has 0 saturated carbocycles. The summed E-state index contributed by atoms with van der Waals surface area (Å²) in [6.07, 6.45) is 3.25. The number of thioether (sulfide) groups is 1. The van der Waals surface area contributed by atoms with Crippen LogP contribution in [0.1, 0.15) is 17.3 Å². The minimum atomic E-state index is -0.310. The first-order chi connectivity index (χ1) is 14.0. The lowest BCUT2D eigenvalue weighted by Crippen LogP contribution is -2.22. The Balaban J connectivity index is 1.61. The molecule has 1 aromatic heterocycles. The molecule has 0 aliphatic heterocycles. The van der Waals surface area contributed by atoms with Gasteiger partial charge in [0.25, 0.3) is 5.91 Å². The van der Waals surface area contributed by atoms with E-state index in [4.69, 9.17) is 4.74 Å². The smallest absolute Gasteiger partial charge is 0.255 e. The predicted octanol–water partition coefficient (Wildman–Crippen LogP) is 4.46. The van der Waals surface area contributed by atoms with Crippen molar-refractivity contribution >= 4 is 35.0 Å². The van der Waals surface area contributed by atoms with Crippen LogP contribution in [-0.4, -0.2) is 29.2 Å². The van der Waals surface area contributed by atoms with E-state index >= 15 is 0 Å². The topological polar surface area (TPSA) is 80.3 Å². The van der Waals surface area contributed by atoms with E-state index in [0.717, 1.165) is 4.90 Å². The first kappa shape index (κ1) is 20.4. The van der Waals surface area contributed by atoms with Crippen LogP contribution in [0.3, 0.4) is 0 Å². The third-order valence-electron chi connectivity index (χ3n) is 4.07. The molecule has 2 amide bonds. The molecule has 3 rings (SSSR count). The Bertz CT molecular complexity index is 978. The molecule has 0 radical (unpaired) electrons. The minimum Gasteiger partial charge on any atom is -0.497 e. The maximum Gasteiger partial charge on any atom is 0.255 e. The summed E-state index contributed by atoms with van der Waals surface area (Å²) in [5.74, 6) is 0.381. The molecule has 1 atom stereocenters. The molecule has 2 aromatic carbocycles. The quantitative estimate of drug-likeness (QED) is 0.565. The molecule has 0 saturated heterocycles. The molecule has 1 heterocycles. The average Bonchev–Trinajstić information content (AvgIpc) is 2.74. The molecular formula is C22H21N3O3S. The van der Waals surface area contributed by atoms with Gasteiger partial charge in [-0.2, -0.15) is 0 Å². The van der Waals surface area contributed by atoms with Crippen LogP contribution in [0.15, 0.2) is 78.0 Å². The highest BCUT2D eigenvalue weighted by atomic mass is 32.2. The summed E-state index contributed by atoms with van der Waals surface area (Å²) < 4.78 is 5.11. The lowest BCUT2D eigenvalue weighted by Gasteiger charge is -2.13. The van der Waals surface area contributed by atoms with Crippen molar-refractivity contribution in [3.8, 4) is 5.75 Å². The van der Waals surface area contributed by atoms with Crippen LogP contribution >= 0.6 is 11.8 Å². The molecule has 148 valence electrons. The summed E-state index contributed by atoms with van der Waals surface area (Å²) >= 11 is 1.42. The minimum absolute atomic E-state index is 0.103. The van der Waals surface area contributed by atoms with Gasteiger partial charge >= 0.3 is 0 Å². The number of benzene rings is 2. The van der Waals surface area contributed by atoms with E-state index in [-0.39, 0.29) is 17.1 Å². The molecule has 2 N–H and O–H groups in total. The third-order valence-corrected chi connectivity index (χ3v) is 5.17. The van der Waals surface area contributed by atoms with Gasteiger partial charge in [0.15, 0.2) is 0 Å². The Morgan fingerprint density at radius 1 is 0.966 bits per heavy atom. The van der Waals surface area contributed by atoms with Crippen molar-refractivity contribution in [1.29, 1.82) is 0 Å². The van der Waals surface area contributed by atoms with Crippen LogP contribution in [0.4, 0.5) is 11.4 Å². The number of nitrogens with zero attached hydrogens (tertiary/aromatic N) is 1. The molecule has 0 fully saturated rings. The summed E-state index contributed by atoms with van der Waals surface area (Å²) in [6, 6.07) is 17.8.